The molecule has 0 bridgehead atoms. The first-order valence-corrected chi connectivity index (χ1v) is 4.69. The predicted molar refractivity (Wildman–Crippen MR) is 53.3 cm³/mol. The molecule has 0 saturated heterocycles. The van der Waals surface area contributed by atoms with Crippen molar-refractivity contribution in [3.63, 3.8) is 0 Å². The van der Waals surface area contributed by atoms with E-state index in [0.29, 0.717) is 0 Å². The van der Waals surface area contributed by atoms with Crippen LogP contribution < -0.4 is 0 Å². The molecule has 0 aliphatic rings. The van der Waals surface area contributed by atoms with Gasteiger partial charge in [0.1, 0.15) is 30.4 Å². The minimum absolute atomic E-state index is 0.000301. The molecule has 0 aliphatic heterocycles. The summed E-state index contributed by atoms with van der Waals surface area (Å²) in [7, 11) is 0. The molecule has 0 amide bonds. The Morgan fingerprint density at radius 3 is 2.94 bits per heavy atom. The summed E-state index contributed by atoms with van der Waals surface area (Å²) in [6, 6.07) is 1.83. The summed E-state index contributed by atoms with van der Waals surface area (Å²) in [5.74, 6) is -2.36. The van der Waals surface area contributed by atoms with Crippen LogP contribution in [0.2, 0.25) is 0 Å². The van der Waals surface area contributed by atoms with E-state index in [1.54, 1.807) is 0 Å². The zero-order valence-electron chi connectivity index (χ0n) is 8.54. The van der Waals surface area contributed by atoms with Gasteiger partial charge >= 0.3 is 5.97 Å². The van der Waals surface area contributed by atoms with E-state index in [1.807, 2.05) is 0 Å². The number of carboxylic acid groups (broad SMARTS) is 1. The van der Waals surface area contributed by atoms with Crippen molar-refractivity contribution >= 4 is 17.0 Å². The molecule has 1 aromatic heterocycles. The van der Waals surface area contributed by atoms with E-state index in [1.165, 1.54) is 0 Å². The number of carboxylic acids is 1. The monoisotopic (exact) mass is 242 g/mol. The van der Waals surface area contributed by atoms with Gasteiger partial charge in [-0.05, 0) is 6.07 Å². The largest absolute Gasteiger partial charge is 0.480 e. The lowest BCUT2D eigenvalue weighted by atomic mass is 10.3. The second-order valence-electron chi connectivity index (χ2n) is 3.35. The Labute approximate surface area is 94.0 Å². The van der Waals surface area contributed by atoms with Crippen LogP contribution in [0.15, 0.2) is 12.1 Å². The first-order valence-electron chi connectivity index (χ1n) is 4.69. The average Bonchev–Trinajstić information content (AvgIpc) is 2.60. The van der Waals surface area contributed by atoms with Gasteiger partial charge in [0.15, 0.2) is 5.82 Å². The first-order chi connectivity index (χ1) is 8.06. The highest BCUT2D eigenvalue weighted by Gasteiger charge is 2.10. The summed E-state index contributed by atoms with van der Waals surface area (Å²) < 4.78 is 30.9. The summed E-state index contributed by atoms with van der Waals surface area (Å²) >= 11 is 0. The molecular weight excluding hydrogens is 234 g/mol. The SMILES string of the molecule is O=C(O)COCc1nc2c(F)cc(F)cc2[nH]1. The van der Waals surface area contributed by atoms with E-state index in [-0.39, 0.29) is 23.5 Å². The van der Waals surface area contributed by atoms with Crippen molar-refractivity contribution < 1.29 is 23.4 Å². The van der Waals surface area contributed by atoms with Gasteiger partial charge in [0.05, 0.1) is 5.52 Å². The highest BCUT2D eigenvalue weighted by molar-refractivity contribution is 5.75. The summed E-state index contributed by atoms with van der Waals surface area (Å²) in [5.41, 5.74) is 0.205. The molecule has 0 fully saturated rings. The minimum Gasteiger partial charge on any atom is -0.480 e. The molecule has 0 spiro atoms. The lowest BCUT2D eigenvalue weighted by Gasteiger charge is -1.96. The average molecular weight is 242 g/mol. The molecule has 0 saturated carbocycles. The van der Waals surface area contributed by atoms with E-state index in [2.05, 4.69) is 9.97 Å². The number of nitrogens with one attached hydrogen (secondary N) is 1. The van der Waals surface area contributed by atoms with Crippen LogP contribution in [0.25, 0.3) is 11.0 Å². The topological polar surface area (TPSA) is 75.2 Å². The van der Waals surface area contributed by atoms with Gasteiger partial charge in [-0.3, -0.25) is 0 Å². The first kappa shape index (κ1) is 11.5. The van der Waals surface area contributed by atoms with E-state index in [9.17, 15) is 13.6 Å². The van der Waals surface area contributed by atoms with Crippen LogP contribution in [-0.4, -0.2) is 27.7 Å². The van der Waals surface area contributed by atoms with Crippen LogP contribution in [0, 0.1) is 11.6 Å². The van der Waals surface area contributed by atoms with Crippen LogP contribution in [0.3, 0.4) is 0 Å². The molecule has 5 nitrogen and oxygen atoms in total. The molecule has 0 aliphatic carbocycles. The number of fused-ring (bicyclic) bond motifs is 1. The van der Waals surface area contributed by atoms with Crippen molar-refractivity contribution in [2.24, 2.45) is 0 Å². The van der Waals surface area contributed by atoms with Crippen LogP contribution in [-0.2, 0) is 16.1 Å². The number of ether oxygens (including phenoxy) is 1. The number of aromatic nitrogens is 2. The van der Waals surface area contributed by atoms with Gasteiger partial charge in [-0.1, -0.05) is 0 Å². The Morgan fingerprint density at radius 1 is 1.47 bits per heavy atom. The Hall–Kier alpha value is -2.02. The summed E-state index contributed by atoms with van der Waals surface area (Å²) in [4.78, 5) is 16.7. The minimum atomic E-state index is -1.11. The summed E-state index contributed by atoms with van der Waals surface area (Å²) in [6.07, 6.45) is 0. The maximum atomic E-state index is 13.3. The smallest absolute Gasteiger partial charge is 0.329 e. The van der Waals surface area contributed by atoms with Crippen LogP contribution in [0.1, 0.15) is 5.82 Å². The summed E-state index contributed by atoms with van der Waals surface area (Å²) in [6.45, 7) is -0.587. The van der Waals surface area contributed by atoms with E-state index < -0.39 is 24.2 Å². The highest BCUT2D eigenvalue weighted by Crippen LogP contribution is 2.17. The Balaban J connectivity index is 2.20. The van der Waals surface area contributed by atoms with Crippen molar-refractivity contribution in [1.82, 2.24) is 9.97 Å². The zero-order chi connectivity index (χ0) is 12.4. The second kappa shape index (κ2) is 4.46. The van der Waals surface area contributed by atoms with Gasteiger partial charge in [-0.2, -0.15) is 0 Å². The molecule has 2 aromatic rings. The fourth-order valence-corrected chi connectivity index (χ4v) is 1.40. The van der Waals surface area contributed by atoms with Crippen molar-refractivity contribution in [3.8, 4) is 0 Å². The number of aromatic amines is 1. The van der Waals surface area contributed by atoms with E-state index >= 15 is 0 Å². The van der Waals surface area contributed by atoms with Gasteiger partial charge in [0.2, 0.25) is 0 Å². The van der Waals surface area contributed by atoms with Crippen molar-refractivity contribution in [1.29, 1.82) is 0 Å². The lowest BCUT2D eigenvalue weighted by Crippen LogP contribution is -2.07. The van der Waals surface area contributed by atoms with Crippen molar-refractivity contribution in [3.05, 3.63) is 29.6 Å². The number of hydrogen-bond acceptors (Lipinski definition) is 3. The maximum Gasteiger partial charge on any atom is 0.329 e. The summed E-state index contributed by atoms with van der Waals surface area (Å²) in [5, 5.41) is 8.35. The number of hydrogen-bond donors (Lipinski definition) is 2. The van der Waals surface area contributed by atoms with E-state index in [0.717, 1.165) is 12.1 Å². The quantitative estimate of drug-likeness (QED) is 0.850. The number of nitrogens with zero attached hydrogens (tertiary/aromatic N) is 1. The van der Waals surface area contributed by atoms with Gasteiger partial charge in [-0.25, -0.2) is 18.6 Å². The predicted octanol–water partition coefficient (Wildman–Crippen LogP) is 1.44. The fourth-order valence-electron chi connectivity index (χ4n) is 1.40. The molecular formula is C10H8F2N2O3. The zero-order valence-corrected chi connectivity index (χ0v) is 8.54. The van der Waals surface area contributed by atoms with Gasteiger partial charge in [0.25, 0.3) is 0 Å². The van der Waals surface area contributed by atoms with Crippen molar-refractivity contribution in [2.75, 3.05) is 6.61 Å². The number of halogens is 2. The molecule has 7 heteroatoms. The molecule has 17 heavy (non-hydrogen) atoms. The maximum absolute atomic E-state index is 13.3. The molecule has 1 heterocycles. The molecule has 90 valence electrons. The number of benzene rings is 1. The Kier molecular flexibility index (Phi) is 3.01. The van der Waals surface area contributed by atoms with Crippen LogP contribution in [0.4, 0.5) is 8.78 Å². The third-order valence-electron chi connectivity index (χ3n) is 2.02. The number of H-pyrrole nitrogens is 1. The van der Waals surface area contributed by atoms with Crippen LogP contribution >= 0.6 is 0 Å². The third kappa shape index (κ3) is 2.56. The normalized spacial score (nSPS) is 10.9. The van der Waals surface area contributed by atoms with Crippen molar-refractivity contribution in [2.45, 2.75) is 6.61 Å². The van der Waals surface area contributed by atoms with E-state index in [4.69, 9.17) is 9.84 Å². The van der Waals surface area contributed by atoms with Gasteiger partial charge in [-0.15, -0.1) is 0 Å². The number of aliphatic carboxylic acids is 1. The van der Waals surface area contributed by atoms with Crippen LogP contribution in [0.5, 0.6) is 0 Å². The molecule has 2 N–H and O–H groups in total. The molecule has 0 atom stereocenters. The molecule has 0 unspecified atom stereocenters. The Bertz CT molecular complexity index is 568. The van der Waals surface area contributed by atoms with Gasteiger partial charge < -0.3 is 14.8 Å². The molecule has 2 rings (SSSR count). The second-order valence-corrected chi connectivity index (χ2v) is 3.35. The lowest BCUT2D eigenvalue weighted by molar-refractivity contribution is -0.142. The number of carbonyl (C=O) groups is 1. The van der Waals surface area contributed by atoms with Gasteiger partial charge in [0, 0.05) is 6.07 Å². The molecule has 1 aromatic carbocycles. The Morgan fingerprint density at radius 2 is 2.24 bits per heavy atom. The molecule has 0 radical (unpaired) electrons. The fraction of sp³-hybridized carbons (Fsp3) is 0.200. The highest BCUT2D eigenvalue weighted by atomic mass is 19.1. The standard InChI is InChI=1S/C10H8F2N2O3/c11-5-1-6(12)10-7(2-5)13-8(14-10)3-17-4-9(15)16/h1-2H,3-4H2,(H,13,14)(H,15,16). The third-order valence-corrected chi connectivity index (χ3v) is 2.02. The number of rotatable bonds is 4. The number of imidazole rings is 1.